The SMILES string of the molecule is C1=CC2=C3CCCC3C3CCC=C3C2=C1. The van der Waals surface area contributed by atoms with E-state index in [0.29, 0.717) is 0 Å². The highest BCUT2D eigenvalue weighted by molar-refractivity contribution is 5.64. The number of allylic oxidation sites excluding steroid dienone is 8. The summed E-state index contributed by atoms with van der Waals surface area (Å²) >= 11 is 0. The van der Waals surface area contributed by atoms with Gasteiger partial charge in [0.1, 0.15) is 0 Å². The van der Waals surface area contributed by atoms with Crippen molar-refractivity contribution < 1.29 is 0 Å². The van der Waals surface area contributed by atoms with E-state index in [2.05, 4.69) is 24.3 Å². The first kappa shape index (κ1) is 8.15. The summed E-state index contributed by atoms with van der Waals surface area (Å²) in [6.07, 6.45) is 16.4. The highest BCUT2D eigenvalue weighted by atomic mass is 14.4. The Hall–Kier alpha value is -1.04. The molecule has 0 aromatic rings. The maximum atomic E-state index is 2.50. The van der Waals surface area contributed by atoms with Gasteiger partial charge in [0, 0.05) is 0 Å². The molecule has 0 heteroatoms. The number of rotatable bonds is 0. The summed E-state index contributed by atoms with van der Waals surface area (Å²) in [6, 6.07) is 0. The summed E-state index contributed by atoms with van der Waals surface area (Å²) in [5.74, 6) is 1.80. The molecule has 0 aromatic carbocycles. The molecule has 0 heterocycles. The van der Waals surface area contributed by atoms with E-state index >= 15 is 0 Å². The molecule has 0 aliphatic heterocycles. The monoisotopic (exact) mass is 196 g/mol. The highest BCUT2D eigenvalue weighted by Gasteiger charge is 2.40. The van der Waals surface area contributed by atoms with Crippen molar-refractivity contribution in [1.29, 1.82) is 0 Å². The summed E-state index contributed by atoms with van der Waals surface area (Å²) < 4.78 is 0. The Bertz CT molecular complexity index is 443. The van der Waals surface area contributed by atoms with Gasteiger partial charge >= 0.3 is 0 Å². The molecule has 2 atom stereocenters. The second kappa shape index (κ2) is 2.75. The van der Waals surface area contributed by atoms with Crippen molar-refractivity contribution in [3.63, 3.8) is 0 Å². The highest BCUT2D eigenvalue weighted by Crippen LogP contribution is 2.54. The average molecular weight is 196 g/mol. The van der Waals surface area contributed by atoms with E-state index in [9.17, 15) is 0 Å². The van der Waals surface area contributed by atoms with Gasteiger partial charge in [-0.2, -0.15) is 0 Å². The molecule has 0 spiro atoms. The van der Waals surface area contributed by atoms with Crippen LogP contribution in [0.5, 0.6) is 0 Å². The Balaban J connectivity index is 1.96. The number of fused-ring (bicyclic) bond motifs is 5. The van der Waals surface area contributed by atoms with Crippen molar-refractivity contribution in [2.24, 2.45) is 11.8 Å². The van der Waals surface area contributed by atoms with Crippen LogP contribution in [0.3, 0.4) is 0 Å². The predicted molar refractivity (Wildman–Crippen MR) is 62.4 cm³/mol. The molecule has 0 nitrogen and oxygen atoms in total. The molecule has 4 rings (SSSR count). The minimum absolute atomic E-state index is 0.886. The maximum Gasteiger partial charge on any atom is -0.00901 e. The van der Waals surface area contributed by atoms with E-state index in [-0.39, 0.29) is 0 Å². The minimum atomic E-state index is 0.886. The van der Waals surface area contributed by atoms with Crippen molar-refractivity contribution in [3.8, 4) is 0 Å². The molecule has 15 heavy (non-hydrogen) atoms. The van der Waals surface area contributed by atoms with Crippen LogP contribution in [0.25, 0.3) is 0 Å². The van der Waals surface area contributed by atoms with Crippen LogP contribution in [-0.4, -0.2) is 0 Å². The van der Waals surface area contributed by atoms with Crippen LogP contribution in [0.4, 0.5) is 0 Å². The lowest BCUT2D eigenvalue weighted by molar-refractivity contribution is 0.431. The predicted octanol–water partition coefficient (Wildman–Crippen LogP) is 3.93. The number of hydrogen-bond donors (Lipinski definition) is 0. The van der Waals surface area contributed by atoms with Crippen LogP contribution in [0, 0.1) is 11.8 Å². The Labute approximate surface area is 91.1 Å². The van der Waals surface area contributed by atoms with Crippen LogP contribution in [0.1, 0.15) is 32.1 Å². The number of hydrogen-bond acceptors (Lipinski definition) is 0. The van der Waals surface area contributed by atoms with E-state index in [1.807, 2.05) is 0 Å². The normalized spacial score (nSPS) is 36.3. The van der Waals surface area contributed by atoms with Crippen LogP contribution >= 0.6 is 0 Å². The van der Waals surface area contributed by atoms with Gasteiger partial charge in [-0.15, -0.1) is 0 Å². The first-order chi connectivity index (χ1) is 7.45. The molecule has 1 fully saturated rings. The van der Waals surface area contributed by atoms with E-state index < -0.39 is 0 Å². The van der Waals surface area contributed by atoms with E-state index in [1.54, 1.807) is 22.3 Å². The molecule has 0 aromatic heterocycles. The smallest absolute Gasteiger partial charge is 0.00901 e. The fourth-order valence-electron chi connectivity index (χ4n) is 4.06. The Kier molecular flexibility index (Phi) is 1.49. The molecule has 4 aliphatic rings. The van der Waals surface area contributed by atoms with Gasteiger partial charge in [0.2, 0.25) is 0 Å². The molecule has 0 radical (unpaired) electrons. The lowest BCUT2D eigenvalue weighted by Gasteiger charge is -2.31. The van der Waals surface area contributed by atoms with Crippen molar-refractivity contribution in [1.82, 2.24) is 0 Å². The van der Waals surface area contributed by atoms with Crippen molar-refractivity contribution in [3.05, 3.63) is 46.6 Å². The van der Waals surface area contributed by atoms with Crippen LogP contribution < -0.4 is 0 Å². The zero-order chi connectivity index (χ0) is 9.83. The summed E-state index contributed by atoms with van der Waals surface area (Å²) in [6.45, 7) is 0. The summed E-state index contributed by atoms with van der Waals surface area (Å²) in [5.41, 5.74) is 6.65. The van der Waals surface area contributed by atoms with Crippen LogP contribution in [0.15, 0.2) is 46.6 Å². The molecule has 76 valence electrons. The molecule has 0 saturated heterocycles. The summed E-state index contributed by atoms with van der Waals surface area (Å²) in [5, 5.41) is 0. The lowest BCUT2D eigenvalue weighted by Crippen LogP contribution is -2.20. The van der Waals surface area contributed by atoms with Gasteiger partial charge in [-0.1, -0.05) is 29.9 Å². The van der Waals surface area contributed by atoms with Crippen molar-refractivity contribution in [2.45, 2.75) is 32.1 Å². The lowest BCUT2D eigenvalue weighted by atomic mass is 9.73. The Morgan fingerprint density at radius 2 is 2.13 bits per heavy atom. The molecular weight excluding hydrogens is 180 g/mol. The quantitative estimate of drug-likeness (QED) is 0.550. The molecule has 0 N–H and O–H groups in total. The zero-order valence-corrected chi connectivity index (χ0v) is 9.00. The standard InChI is InChI=1S/C15H16/c1-4-10-11(5-1)13-7-3-9-15(13)14-8-2-6-12(10)14/h1,4-6,14-15H,2-3,7-9H2. The zero-order valence-electron chi connectivity index (χ0n) is 9.00. The van der Waals surface area contributed by atoms with Crippen molar-refractivity contribution in [2.75, 3.05) is 0 Å². The molecule has 4 aliphatic carbocycles. The Morgan fingerprint density at radius 1 is 1.13 bits per heavy atom. The van der Waals surface area contributed by atoms with Gasteiger partial charge in [0.15, 0.2) is 0 Å². The first-order valence-corrected chi connectivity index (χ1v) is 6.27. The second-order valence-corrected chi connectivity index (χ2v) is 5.22. The molecule has 0 bridgehead atoms. The Morgan fingerprint density at radius 3 is 3.13 bits per heavy atom. The molecule has 0 amide bonds. The van der Waals surface area contributed by atoms with Gasteiger partial charge in [0.05, 0.1) is 0 Å². The molecular formula is C15H16. The molecule has 2 unspecified atom stereocenters. The van der Waals surface area contributed by atoms with Gasteiger partial charge in [-0.3, -0.25) is 0 Å². The van der Waals surface area contributed by atoms with Crippen LogP contribution in [0.2, 0.25) is 0 Å². The third kappa shape index (κ3) is 0.928. The largest absolute Gasteiger partial charge is 0.0804 e. The van der Waals surface area contributed by atoms with E-state index in [1.165, 1.54) is 32.1 Å². The summed E-state index contributed by atoms with van der Waals surface area (Å²) in [4.78, 5) is 0. The second-order valence-electron chi connectivity index (χ2n) is 5.22. The topological polar surface area (TPSA) is 0 Å². The van der Waals surface area contributed by atoms with Gasteiger partial charge in [0.25, 0.3) is 0 Å². The van der Waals surface area contributed by atoms with Crippen molar-refractivity contribution >= 4 is 0 Å². The van der Waals surface area contributed by atoms with Crippen LogP contribution in [-0.2, 0) is 0 Å². The average Bonchev–Trinajstić information content (AvgIpc) is 2.97. The first-order valence-electron chi connectivity index (χ1n) is 6.27. The third-order valence-corrected chi connectivity index (χ3v) is 4.61. The van der Waals surface area contributed by atoms with E-state index in [0.717, 1.165) is 11.8 Å². The third-order valence-electron chi connectivity index (χ3n) is 4.61. The maximum absolute atomic E-state index is 2.50. The van der Waals surface area contributed by atoms with Gasteiger partial charge < -0.3 is 0 Å². The fourth-order valence-corrected chi connectivity index (χ4v) is 4.06. The summed E-state index contributed by atoms with van der Waals surface area (Å²) in [7, 11) is 0. The van der Waals surface area contributed by atoms with Gasteiger partial charge in [-0.25, -0.2) is 0 Å². The molecule has 1 saturated carbocycles. The fraction of sp³-hybridized carbons (Fsp3) is 0.467. The minimum Gasteiger partial charge on any atom is -0.0804 e. The van der Waals surface area contributed by atoms with E-state index in [4.69, 9.17) is 0 Å². The van der Waals surface area contributed by atoms with Gasteiger partial charge in [-0.05, 0) is 60.7 Å².